The number of rotatable bonds is 6. The van der Waals surface area contributed by atoms with Gasteiger partial charge in [-0.25, -0.2) is 4.68 Å². The molecule has 0 saturated carbocycles. The molecule has 2 aromatic rings. The van der Waals surface area contributed by atoms with Gasteiger partial charge in [0.05, 0.1) is 13.0 Å². The van der Waals surface area contributed by atoms with Crippen molar-refractivity contribution in [2.45, 2.75) is 32.2 Å². The van der Waals surface area contributed by atoms with Crippen LogP contribution in [0, 0.1) is 12.8 Å². The first kappa shape index (κ1) is 18.8. The minimum absolute atomic E-state index is 0.0999. The molecule has 3 rings (SSSR count). The van der Waals surface area contributed by atoms with E-state index in [0.717, 1.165) is 11.3 Å². The van der Waals surface area contributed by atoms with E-state index in [2.05, 4.69) is 15.5 Å². The second-order valence-corrected chi connectivity index (χ2v) is 6.68. The zero-order valence-electron chi connectivity index (χ0n) is 15.4. The first-order valence-electron chi connectivity index (χ1n) is 8.88. The number of likely N-dealkylation sites (tertiary alicyclic amines) is 1. The number of carboxylic acids is 1. The number of nitrogens with zero attached hydrogens (tertiary/aromatic N) is 5. The molecule has 0 radical (unpaired) electrons. The number of tetrazole rings is 1. The number of carboxylic acid groups (broad SMARTS) is 1. The van der Waals surface area contributed by atoms with E-state index in [-0.39, 0.29) is 11.8 Å². The Morgan fingerprint density at radius 1 is 1.33 bits per heavy atom. The van der Waals surface area contributed by atoms with Crippen molar-refractivity contribution in [1.29, 1.82) is 0 Å². The molecule has 1 amide bonds. The second-order valence-electron chi connectivity index (χ2n) is 6.68. The zero-order chi connectivity index (χ0) is 19.4. The summed E-state index contributed by atoms with van der Waals surface area (Å²) in [4.78, 5) is 26.1. The smallest absolute Gasteiger partial charge is 0.306 e. The molecule has 1 unspecified atom stereocenters. The molecule has 9 heteroatoms. The lowest BCUT2D eigenvalue weighted by molar-refractivity contribution is -0.146. The van der Waals surface area contributed by atoms with Crippen LogP contribution >= 0.6 is 0 Å². The molecule has 27 heavy (non-hydrogen) atoms. The number of aryl methyl sites for hydroxylation is 1. The van der Waals surface area contributed by atoms with Gasteiger partial charge >= 0.3 is 5.97 Å². The number of piperidine rings is 1. The first-order valence-corrected chi connectivity index (χ1v) is 8.88. The van der Waals surface area contributed by atoms with E-state index < -0.39 is 12.0 Å². The third-order valence-corrected chi connectivity index (χ3v) is 4.96. The van der Waals surface area contributed by atoms with Gasteiger partial charge < -0.3 is 14.7 Å². The largest absolute Gasteiger partial charge is 0.497 e. The van der Waals surface area contributed by atoms with Gasteiger partial charge in [-0.2, -0.15) is 0 Å². The molecule has 1 aliphatic rings. The van der Waals surface area contributed by atoms with Crippen LogP contribution < -0.4 is 4.74 Å². The minimum Gasteiger partial charge on any atom is -0.497 e. The Morgan fingerprint density at radius 2 is 2.07 bits per heavy atom. The number of methoxy groups -OCH3 is 1. The Labute approximate surface area is 156 Å². The topological polar surface area (TPSA) is 110 Å². The number of aliphatic carboxylic acids is 1. The van der Waals surface area contributed by atoms with Gasteiger partial charge in [-0.1, -0.05) is 12.1 Å². The van der Waals surface area contributed by atoms with Crippen LogP contribution in [0.5, 0.6) is 5.75 Å². The summed E-state index contributed by atoms with van der Waals surface area (Å²) in [5.41, 5.74) is 0.933. The number of hydrogen-bond acceptors (Lipinski definition) is 6. The summed E-state index contributed by atoms with van der Waals surface area (Å²) in [7, 11) is 1.60. The average Bonchev–Trinajstić information content (AvgIpc) is 3.11. The van der Waals surface area contributed by atoms with Crippen molar-refractivity contribution in [3.8, 4) is 5.75 Å². The maximum absolute atomic E-state index is 13.2. The highest BCUT2D eigenvalue weighted by atomic mass is 16.5. The maximum Gasteiger partial charge on any atom is 0.306 e. The molecule has 1 aromatic carbocycles. The van der Waals surface area contributed by atoms with Crippen LogP contribution in [0.25, 0.3) is 0 Å². The van der Waals surface area contributed by atoms with Crippen molar-refractivity contribution >= 4 is 11.9 Å². The Morgan fingerprint density at radius 3 is 2.67 bits per heavy atom. The van der Waals surface area contributed by atoms with Crippen LogP contribution in [-0.2, 0) is 16.0 Å². The molecule has 1 aromatic heterocycles. The van der Waals surface area contributed by atoms with Crippen molar-refractivity contribution in [3.63, 3.8) is 0 Å². The first-order chi connectivity index (χ1) is 13.0. The van der Waals surface area contributed by atoms with Gasteiger partial charge in [0.1, 0.15) is 17.6 Å². The van der Waals surface area contributed by atoms with Gasteiger partial charge in [0.15, 0.2) is 0 Å². The number of benzene rings is 1. The molecule has 0 spiro atoms. The molecule has 144 valence electrons. The fourth-order valence-electron chi connectivity index (χ4n) is 3.38. The van der Waals surface area contributed by atoms with E-state index >= 15 is 0 Å². The van der Waals surface area contributed by atoms with E-state index in [9.17, 15) is 9.59 Å². The minimum atomic E-state index is -0.800. The lowest BCUT2D eigenvalue weighted by atomic mass is 9.96. The Balaban J connectivity index is 1.81. The van der Waals surface area contributed by atoms with Gasteiger partial charge in [0, 0.05) is 19.5 Å². The lowest BCUT2D eigenvalue weighted by Crippen LogP contribution is -2.44. The van der Waals surface area contributed by atoms with Gasteiger partial charge in [-0.3, -0.25) is 9.59 Å². The van der Waals surface area contributed by atoms with Gasteiger partial charge in [0.25, 0.3) is 0 Å². The Bertz CT molecular complexity index is 814. The Hall–Kier alpha value is -2.97. The highest BCUT2D eigenvalue weighted by Crippen LogP contribution is 2.24. The fourth-order valence-corrected chi connectivity index (χ4v) is 3.38. The maximum atomic E-state index is 13.2. The highest BCUT2D eigenvalue weighted by molar-refractivity contribution is 5.81. The molecule has 9 nitrogen and oxygen atoms in total. The summed E-state index contributed by atoms with van der Waals surface area (Å²) in [6.07, 6.45) is 1.34. The normalized spacial score (nSPS) is 16.1. The van der Waals surface area contributed by atoms with Crippen molar-refractivity contribution in [1.82, 2.24) is 25.1 Å². The van der Waals surface area contributed by atoms with E-state index in [0.29, 0.717) is 38.2 Å². The van der Waals surface area contributed by atoms with Crippen LogP contribution in [-0.4, -0.2) is 62.3 Å². The zero-order valence-corrected chi connectivity index (χ0v) is 15.4. The molecular weight excluding hydrogens is 350 g/mol. The van der Waals surface area contributed by atoms with Crippen LogP contribution in [0.1, 0.15) is 30.3 Å². The number of carbonyl (C=O) groups excluding carboxylic acids is 1. The predicted octanol–water partition coefficient (Wildman–Crippen LogP) is 1.10. The predicted molar refractivity (Wildman–Crippen MR) is 95.2 cm³/mol. The third-order valence-electron chi connectivity index (χ3n) is 4.96. The average molecular weight is 373 g/mol. The van der Waals surface area contributed by atoms with Crippen LogP contribution in [0.3, 0.4) is 0 Å². The monoisotopic (exact) mass is 373 g/mol. The molecule has 0 bridgehead atoms. The highest BCUT2D eigenvalue weighted by Gasteiger charge is 2.33. The second kappa shape index (κ2) is 8.15. The molecule has 1 N–H and O–H groups in total. The van der Waals surface area contributed by atoms with E-state index in [4.69, 9.17) is 9.84 Å². The van der Waals surface area contributed by atoms with Gasteiger partial charge in [-0.05, 0) is 47.9 Å². The van der Waals surface area contributed by atoms with Gasteiger partial charge in [0.2, 0.25) is 5.91 Å². The lowest BCUT2D eigenvalue weighted by Gasteiger charge is -2.33. The third kappa shape index (κ3) is 4.24. The van der Waals surface area contributed by atoms with Crippen LogP contribution in [0.2, 0.25) is 0 Å². The number of ether oxygens (including phenoxy) is 1. The molecule has 1 saturated heterocycles. The van der Waals surface area contributed by atoms with Crippen molar-refractivity contribution in [2.24, 2.45) is 5.92 Å². The molecule has 1 atom stereocenters. The summed E-state index contributed by atoms with van der Waals surface area (Å²) in [6, 6.07) is 6.95. The summed E-state index contributed by atoms with van der Waals surface area (Å²) in [5, 5.41) is 20.7. The summed E-state index contributed by atoms with van der Waals surface area (Å²) in [5.74, 6) is -0.0184. The molecular formula is C18H23N5O4. The van der Waals surface area contributed by atoms with Crippen molar-refractivity contribution < 1.29 is 19.4 Å². The van der Waals surface area contributed by atoms with Gasteiger partial charge in [-0.15, -0.1) is 5.10 Å². The quantitative estimate of drug-likeness (QED) is 0.807. The van der Waals surface area contributed by atoms with E-state index in [1.807, 2.05) is 24.3 Å². The number of amides is 1. The summed E-state index contributed by atoms with van der Waals surface area (Å²) >= 11 is 0. The Kier molecular flexibility index (Phi) is 5.68. The number of carbonyl (C=O) groups is 2. The molecule has 0 aliphatic carbocycles. The van der Waals surface area contributed by atoms with Crippen LogP contribution in [0.4, 0.5) is 0 Å². The molecule has 1 aliphatic heterocycles. The van der Waals surface area contributed by atoms with Crippen LogP contribution in [0.15, 0.2) is 24.3 Å². The van der Waals surface area contributed by atoms with E-state index in [1.54, 1.807) is 18.9 Å². The fraction of sp³-hybridized carbons (Fsp3) is 0.500. The standard InChI is InChI=1S/C18H23N5O4/c1-12-19-20-21-23(12)16(11-13-4-3-5-15(10-13)27-2)17(24)22-8-6-14(7-9-22)18(25)26/h3-5,10,14,16H,6-9,11H2,1-2H3,(H,25,26). The number of hydrogen-bond donors (Lipinski definition) is 1. The van der Waals surface area contributed by atoms with Crippen molar-refractivity contribution in [2.75, 3.05) is 20.2 Å². The number of aromatic nitrogens is 4. The SMILES string of the molecule is COc1cccc(CC(C(=O)N2CCC(C(=O)O)CC2)n2nnnc2C)c1. The molecule has 1 fully saturated rings. The summed E-state index contributed by atoms with van der Waals surface area (Å²) < 4.78 is 6.80. The molecule has 2 heterocycles. The van der Waals surface area contributed by atoms with Crippen molar-refractivity contribution in [3.05, 3.63) is 35.7 Å². The van der Waals surface area contributed by atoms with E-state index in [1.165, 1.54) is 4.68 Å². The summed E-state index contributed by atoms with van der Waals surface area (Å²) in [6.45, 7) is 2.60.